The fourth-order valence-electron chi connectivity index (χ4n) is 0.856. The first-order chi connectivity index (χ1) is 4.93. The molecule has 1 heterocycles. The lowest BCUT2D eigenvalue weighted by Crippen LogP contribution is -2.18. The van der Waals surface area contributed by atoms with Crippen molar-refractivity contribution < 1.29 is 0 Å². The van der Waals surface area contributed by atoms with E-state index in [-0.39, 0.29) is 0 Å². The third-order valence-corrected chi connectivity index (χ3v) is 1.37. The highest BCUT2D eigenvalue weighted by molar-refractivity contribution is 5.72. The molecule has 0 fully saturated rings. The van der Waals surface area contributed by atoms with E-state index >= 15 is 0 Å². The topological polar surface area (TPSA) is 48.2 Å². The van der Waals surface area contributed by atoms with Gasteiger partial charge in [-0.25, -0.2) is 0 Å². The van der Waals surface area contributed by atoms with Crippen molar-refractivity contribution in [2.75, 3.05) is 19.6 Å². The van der Waals surface area contributed by atoms with Crippen molar-refractivity contribution in [1.82, 2.24) is 5.32 Å². The summed E-state index contributed by atoms with van der Waals surface area (Å²) in [6.45, 7) is 2.07. The summed E-state index contributed by atoms with van der Waals surface area (Å²) in [4.78, 5) is 4.05. The molecular weight excluding hydrogens is 126 g/mol. The smallest absolute Gasteiger partial charge is 0.0443 e. The zero-order valence-electron chi connectivity index (χ0n) is 5.93. The first kappa shape index (κ1) is 7.28. The summed E-state index contributed by atoms with van der Waals surface area (Å²) in [5.41, 5.74) is 8.11. The van der Waals surface area contributed by atoms with Crippen molar-refractivity contribution in [2.24, 2.45) is 4.99 Å². The largest absolute Gasteiger partial charge is 0.676 e. The Morgan fingerprint density at radius 1 is 1.70 bits per heavy atom. The van der Waals surface area contributed by atoms with Gasteiger partial charge in [0.1, 0.15) is 0 Å². The van der Waals surface area contributed by atoms with E-state index in [0.29, 0.717) is 6.54 Å². The molecule has 0 saturated heterocycles. The van der Waals surface area contributed by atoms with Crippen LogP contribution in [0.1, 0.15) is 6.42 Å². The Morgan fingerprint density at radius 3 is 3.20 bits per heavy atom. The van der Waals surface area contributed by atoms with Crippen LogP contribution in [0.5, 0.6) is 0 Å². The average Bonchev–Trinajstić information content (AvgIpc) is 2.03. The molecular formula is C7H12N3-. The minimum Gasteiger partial charge on any atom is -0.676 e. The van der Waals surface area contributed by atoms with Crippen LogP contribution in [0.4, 0.5) is 0 Å². The highest BCUT2D eigenvalue weighted by Crippen LogP contribution is 1.99. The summed E-state index contributed by atoms with van der Waals surface area (Å²) in [6.07, 6.45) is 4.78. The van der Waals surface area contributed by atoms with Crippen molar-refractivity contribution in [3.8, 4) is 0 Å². The molecule has 0 bridgehead atoms. The monoisotopic (exact) mass is 138 g/mol. The molecule has 56 valence electrons. The highest BCUT2D eigenvalue weighted by Gasteiger charge is 1.95. The second kappa shape index (κ2) is 4.06. The summed E-state index contributed by atoms with van der Waals surface area (Å²) in [5.74, 6) is 0. The second-order valence-corrected chi connectivity index (χ2v) is 2.17. The van der Waals surface area contributed by atoms with Crippen LogP contribution >= 0.6 is 0 Å². The molecule has 0 spiro atoms. The minimum absolute atomic E-state index is 0.439. The maximum absolute atomic E-state index is 6.90. The van der Waals surface area contributed by atoms with Crippen molar-refractivity contribution in [1.29, 1.82) is 0 Å². The first-order valence-electron chi connectivity index (χ1n) is 3.51. The number of hydrogen-bond acceptors (Lipinski definition) is 2. The van der Waals surface area contributed by atoms with Gasteiger partial charge in [-0.2, -0.15) is 0 Å². The Balaban J connectivity index is 2.25. The molecule has 0 atom stereocenters. The van der Waals surface area contributed by atoms with E-state index in [0.717, 1.165) is 19.5 Å². The van der Waals surface area contributed by atoms with Gasteiger partial charge < -0.3 is 11.1 Å². The van der Waals surface area contributed by atoms with Gasteiger partial charge in [0.15, 0.2) is 0 Å². The summed E-state index contributed by atoms with van der Waals surface area (Å²) in [5, 5.41) is 3.15. The molecule has 1 rings (SSSR count). The third kappa shape index (κ3) is 2.19. The average molecular weight is 138 g/mol. The Kier molecular flexibility index (Phi) is 2.96. The van der Waals surface area contributed by atoms with Gasteiger partial charge in [-0.05, 0) is 12.6 Å². The second-order valence-electron chi connectivity index (χ2n) is 2.17. The lowest BCUT2D eigenvalue weighted by molar-refractivity contribution is 0.767. The molecule has 0 unspecified atom stereocenters. The molecule has 0 aromatic heterocycles. The van der Waals surface area contributed by atoms with E-state index in [1.54, 1.807) is 0 Å². The van der Waals surface area contributed by atoms with Gasteiger partial charge >= 0.3 is 0 Å². The molecule has 0 saturated carbocycles. The van der Waals surface area contributed by atoms with Crippen molar-refractivity contribution in [3.05, 3.63) is 17.5 Å². The summed E-state index contributed by atoms with van der Waals surface area (Å²) in [7, 11) is 0. The molecule has 3 heteroatoms. The predicted octanol–water partition coefficient (Wildman–Crippen LogP) is 0.987. The van der Waals surface area contributed by atoms with Crippen LogP contribution in [0, 0.1) is 0 Å². The molecule has 0 radical (unpaired) electrons. The van der Waals surface area contributed by atoms with Crippen molar-refractivity contribution in [3.63, 3.8) is 0 Å². The van der Waals surface area contributed by atoms with E-state index in [4.69, 9.17) is 5.73 Å². The number of hydrogen-bond donors (Lipinski definition) is 1. The van der Waals surface area contributed by atoms with E-state index in [1.165, 1.54) is 5.70 Å². The SMILES string of the molecule is [NH-]CCNC1=CC=NCC1. The third-order valence-electron chi connectivity index (χ3n) is 1.37. The highest BCUT2D eigenvalue weighted by atomic mass is 14.9. The number of dihydropyridines is 1. The van der Waals surface area contributed by atoms with Crippen molar-refractivity contribution >= 4 is 6.21 Å². The Labute approximate surface area is 61.0 Å². The van der Waals surface area contributed by atoms with Crippen LogP contribution in [0.2, 0.25) is 0 Å². The zero-order valence-corrected chi connectivity index (χ0v) is 5.93. The van der Waals surface area contributed by atoms with Crippen LogP contribution in [0.3, 0.4) is 0 Å². The van der Waals surface area contributed by atoms with E-state index in [1.807, 2.05) is 12.3 Å². The molecule has 10 heavy (non-hydrogen) atoms. The molecule has 0 aromatic rings. The molecule has 1 aliphatic rings. The molecule has 0 amide bonds. The van der Waals surface area contributed by atoms with E-state index < -0.39 is 0 Å². The van der Waals surface area contributed by atoms with Gasteiger partial charge in [0.2, 0.25) is 0 Å². The fourth-order valence-corrected chi connectivity index (χ4v) is 0.856. The lowest BCUT2D eigenvalue weighted by Gasteiger charge is -2.11. The summed E-state index contributed by atoms with van der Waals surface area (Å²) >= 11 is 0. The van der Waals surface area contributed by atoms with Gasteiger partial charge in [0.25, 0.3) is 0 Å². The standard InChI is InChI=1S/C7H12N3/c8-3-6-10-7-1-4-9-5-2-7/h1,4,8,10H,2-3,5-6H2/q-1. The quantitative estimate of drug-likeness (QED) is 0.621. The predicted molar refractivity (Wildman–Crippen MR) is 43.3 cm³/mol. The van der Waals surface area contributed by atoms with Gasteiger partial charge in [-0.15, -0.1) is 6.54 Å². The van der Waals surface area contributed by atoms with E-state index in [9.17, 15) is 0 Å². The van der Waals surface area contributed by atoms with Crippen LogP contribution in [-0.4, -0.2) is 25.8 Å². The Bertz CT molecular complexity index is 149. The molecule has 0 aromatic carbocycles. The summed E-state index contributed by atoms with van der Waals surface area (Å²) in [6, 6.07) is 0. The number of nitrogens with one attached hydrogen (secondary N) is 2. The van der Waals surface area contributed by atoms with Gasteiger partial charge in [-0.3, -0.25) is 4.99 Å². The number of allylic oxidation sites excluding steroid dienone is 1. The van der Waals surface area contributed by atoms with Crippen LogP contribution in [0.15, 0.2) is 16.8 Å². The number of nitrogens with zero attached hydrogens (tertiary/aromatic N) is 1. The van der Waals surface area contributed by atoms with E-state index in [2.05, 4.69) is 10.3 Å². The minimum atomic E-state index is 0.439. The van der Waals surface area contributed by atoms with Gasteiger partial charge in [-0.1, -0.05) is 0 Å². The molecule has 0 aliphatic carbocycles. The van der Waals surface area contributed by atoms with Crippen LogP contribution < -0.4 is 5.32 Å². The lowest BCUT2D eigenvalue weighted by atomic mass is 10.2. The van der Waals surface area contributed by atoms with Crippen LogP contribution in [-0.2, 0) is 0 Å². The summed E-state index contributed by atoms with van der Waals surface area (Å²) < 4.78 is 0. The van der Waals surface area contributed by atoms with Crippen LogP contribution in [0.25, 0.3) is 5.73 Å². The number of rotatable bonds is 3. The maximum Gasteiger partial charge on any atom is 0.0443 e. The van der Waals surface area contributed by atoms with Gasteiger partial charge in [0, 0.05) is 24.9 Å². The number of aliphatic imine (C=N–C) groups is 1. The first-order valence-corrected chi connectivity index (χ1v) is 3.51. The Hall–Kier alpha value is -0.830. The van der Waals surface area contributed by atoms with Crippen molar-refractivity contribution in [2.45, 2.75) is 6.42 Å². The molecule has 2 N–H and O–H groups in total. The molecule has 3 nitrogen and oxygen atoms in total. The van der Waals surface area contributed by atoms with Gasteiger partial charge in [0.05, 0.1) is 0 Å². The molecule has 1 aliphatic heterocycles. The normalized spacial score (nSPS) is 16.7. The Morgan fingerprint density at radius 2 is 2.60 bits per heavy atom. The maximum atomic E-state index is 6.90. The fraction of sp³-hybridized carbons (Fsp3) is 0.571. The zero-order chi connectivity index (χ0) is 7.23.